The highest BCUT2D eigenvalue weighted by atomic mass is 31.2. The standard InChI is InChI=1S/C19H19O2P/c1-14-17(15-9-5-3-6-10-15)22(20)13-19(14,2)18(21-22)16-11-7-4-8-12-16/h3-12,18H,13H2,1-2H3/t18-,19+,22-/m0/s1. The van der Waals surface area contributed by atoms with Crippen LogP contribution in [0.1, 0.15) is 31.1 Å². The van der Waals surface area contributed by atoms with Crippen molar-refractivity contribution in [1.29, 1.82) is 0 Å². The fourth-order valence-corrected chi connectivity index (χ4v) is 7.49. The average molecular weight is 310 g/mol. The van der Waals surface area contributed by atoms with Crippen molar-refractivity contribution in [3.63, 3.8) is 0 Å². The highest BCUT2D eigenvalue weighted by molar-refractivity contribution is 7.70. The first kappa shape index (κ1) is 14.0. The summed E-state index contributed by atoms with van der Waals surface area (Å²) in [5.41, 5.74) is 3.21. The fourth-order valence-electron chi connectivity index (χ4n) is 3.88. The Kier molecular flexibility index (Phi) is 2.98. The molecule has 0 aliphatic carbocycles. The molecule has 22 heavy (non-hydrogen) atoms. The van der Waals surface area contributed by atoms with Crippen LogP contribution in [0.2, 0.25) is 0 Å². The second-order valence-corrected chi connectivity index (χ2v) is 8.81. The van der Waals surface area contributed by atoms with E-state index in [0.717, 1.165) is 16.4 Å². The minimum Gasteiger partial charge on any atom is -0.316 e. The van der Waals surface area contributed by atoms with Crippen LogP contribution in [0, 0.1) is 5.41 Å². The molecule has 2 nitrogen and oxygen atoms in total. The summed E-state index contributed by atoms with van der Waals surface area (Å²) in [7, 11) is -2.77. The Morgan fingerprint density at radius 3 is 2.23 bits per heavy atom. The second-order valence-electron chi connectivity index (χ2n) is 6.48. The third kappa shape index (κ3) is 1.81. The lowest BCUT2D eigenvalue weighted by Crippen LogP contribution is -2.24. The van der Waals surface area contributed by atoms with Crippen molar-refractivity contribution in [2.24, 2.45) is 5.41 Å². The molecule has 0 unspecified atom stereocenters. The molecule has 0 aromatic heterocycles. The van der Waals surface area contributed by atoms with Gasteiger partial charge in [-0.3, -0.25) is 4.57 Å². The monoisotopic (exact) mass is 310 g/mol. The van der Waals surface area contributed by atoms with E-state index in [4.69, 9.17) is 4.52 Å². The number of hydrogen-bond acceptors (Lipinski definition) is 2. The van der Waals surface area contributed by atoms with E-state index in [0.29, 0.717) is 6.16 Å². The molecule has 3 atom stereocenters. The molecule has 112 valence electrons. The van der Waals surface area contributed by atoms with Gasteiger partial charge in [-0.2, -0.15) is 0 Å². The molecule has 1 fully saturated rings. The lowest BCUT2D eigenvalue weighted by Gasteiger charge is -2.33. The van der Waals surface area contributed by atoms with Crippen LogP contribution in [0.15, 0.2) is 66.2 Å². The molecular formula is C19H19O2P. The maximum atomic E-state index is 13.5. The van der Waals surface area contributed by atoms with E-state index in [1.165, 1.54) is 5.57 Å². The van der Waals surface area contributed by atoms with Crippen LogP contribution in [0.4, 0.5) is 0 Å². The third-order valence-corrected chi connectivity index (χ3v) is 7.99. The van der Waals surface area contributed by atoms with Gasteiger partial charge < -0.3 is 4.52 Å². The third-order valence-electron chi connectivity index (χ3n) is 5.09. The Balaban J connectivity index is 1.86. The van der Waals surface area contributed by atoms with Crippen molar-refractivity contribution in [1.82, 2.24) is 0 Å². The largest absolute Gasteiger partial charge is 0.316 e. The predicted octanol–water partition coefficient (Wildman–Crippen LogP) is 5.49. The van der Waals surface area contributed by atoms with Crippen LogP contribution in [0.3, 0.4) is 0 Å². The highest BCUT2D eigenvalue weighted by Gasteiger charge is 2.60. The lowest BCUT2D eigenvalue weighted by atomic mass is 9.76. The summed E-state index contributed by atoms with van der Waals surface area (Å²) in [4.78, 5) is 0. The molecule has 3 heteroatoms. The SMILES string of the molecule is CC1=C(c2ccccc2)[P@]2(=O)C[C@@]1(C)[C@H](c1ccccc1)O2. The van der Waals surface area contributed by atoms with Crippen LogP contribution in [0.25, 0.3) is 5.31 Å². The van der Waals surface area contributed by atoms with Gasteiger partial charge in [0.15, 0.2) is 0 Å². The minimum atomic E-state index is -2.77. The van der Waals surface area contributed by atoms with Crippen LogP contribution in [-0.2, 0) is 9.09 Å². The molecule has 0 spiro atoms. The molecule has 2 aromatic carbocycles. The van der Waals surface area contributed by atoms with Gasteiger partial charge in [0.2, 0.25) is 7.37 Å². The molecule has 0 saturated carbocycles. The zero-order valence-electron chi connectivity index (χ0n) is 12.8. The van der Waals surface area contributed by atoms with Gasteiger partial charge in [0.25, 0.3) is 0 Å². The van der Waals surface area contributed by atoms with Gasteiger partial charge in [-0.25, -0.2) is 0 Å². The molecule has 2 heterocycles. The molecule has 1 saturated heterocycles. The summed E-state index contributed by atoms with van der Waals surface area (Å²) in [5, 5.41) is 0.947. The van der Waals surface area contributed by atoms with E-state index in [1.807, 2.05) is 48.5 Å². The Morgan fingerprint density at radius 2 is 1.64 bits per heavy atom. The van der Waals surface area contributed by atoms with Crippen molar-refractivity contribution in [3.8, 4) is 0 Å². The molecule has 2 aliphatic rings. The zero-order chi connectivity index (χ0) is 15.4. The fraction of sp³-hybridized carbons (Fsp3) is 0.263. The van der Waals surface area contributed by atoms with E-state index in [1.54, 1.807) is 0 Å². The topological polar surface area (TPSA) is 26.3 Å². The smallest absolute Gasteiger partial charge is 0.234 e. The normalized spacial score (nSPS) is 33.5. The van der Waals surface area contributed by atoms with Gasteiger partial charge in [0.1, 0.15) is 0 Å². The Bertz CT molecular complexity index is 795. The quantitative estimate of drug-likeness (QED) is 0.686. The Labute approximate surface area is 131 Å². The van der Waals surface area contributed by atoms with Crippen molar-refractivity contribution in [2.75, 3.05) is 6.16 Å². The first-order valence-electron chi connectivity index (χ1n) is 7.64. The molecule has 0 radical (unpaired) electrons. The highest BCUT2D eigenvalue weighted by Crippen LogP contribution is 2.80. The summed E-state index contributed by atoms with van der Waals surface area (Å²) in [6.45, 7) is 4.32. The first-order valence-corrected chi connectivity index (χ1v) is 9.45. The van der Waals surface area contributed by atoms with Crippen molar-refractivity contribution in [3.05, 3.63) is 77.4 Å². The van der Waals surface area contributed by atoms with Crippen molar-refractivity contribution < 1.29 is 9.09 Å². The minimum absolute atomic E-state index is 0.105. The molecule has 0 amide bonds. The number of hydrogen-bond donors (Lipinski definition) is 0. The summed E-state index contributed by atoms with van der Waals surface area (Å²) < 4.78 is 19.6. The zero-order valence-corrected chi connectivity index (χ0v) is 13.7. The van der Waals surface area contributed by atoms with E-state index in [2.05, 4.69) is 26.0 Å². The van der Waals surface area contributed by atoms with Gasteiger partial charge >= 0.3 is 0 Å². The predicted molar refractivity (Wildman–Crippen MR) is 89.9 cm³/mol. The van der Waals surface area contributed by atoms with E-state index < -0.39 is 7.37 Å². The Hall–Kier alpha value is -1.63. The van der Waals surface area contributed by atoms with Gasteiger partial charge in [-0.05, 0) is 18.1 Å². The molecule has 4 rings (SSSR count). The van der Waals surface area contributed by atoms with Gasteiger partial charge in [-0.15, -0.1) is 0 Å². The first-order chi connectivity index (χ1) is 10.5. The van der Waals surface area contributed by atoms with Crippen molar-refractivity contribution in [2.45, 2.75) is 20.0 Å². The van der Waals surface area contributed by atoms with Crippen LogP contribution >= 0.6 is 7.37 Å². The summed E-state index contributed by atoms with van der Waals surface area (Å²) in [6, 6.07) is 20.2. The average Bonchev–Trinajstić information content (AvgIpc) is 2.92. The van der Waals surface area contributed by atoms with E-state index in [9.17, 15) is 4.57 Å². The summed E-state index contributed by atoms with van der Waals surface area (Å²) >= 11 is 0. The molecule has 2 bridgehead atoms. The van der Waals surface area contributed by atoms with Crippen LogP contribution < -0.4 is 0 Å². The molecule has 0 N–H and O–H groups in total. The maximum absolute atomic E-state index is 13.5. The molecule has 2 aliphatic heterocycles. The van der Waals surface area contributed by atoms with E-state index >= 15 is 0 Å². The second kappa shape index (κ2) is 4.68. The lowest BCUT2D eigenvalue weighted by molar-refractivity contribution is 0.143. The summed E-state index contributed by atoms with van der Waals surface area (Å²) in [6.07, 6.45) is 0.516. The maximum Gasteiger partial charge on any atom is 0.234 e. The van der Waals surface area contributed by atoms with Gasteiger partial charge in [0.05, 0.1) is 6.10 Å². The van der Waals surface area contributed by atoms with Gasteiger partial charge in [0, 0.05) is 16.9 Å². The number of benzene rings is 2. The molecular weight excluding hydrogens is 291 g/mol. The van der Waals surface area contributed by atoms with Crippen LogP contribution in [0.5, 0.6) is 0 Å². The number of fused-ring (bicyclic) bond motifs is 2. The van der Waals surface area contributed by atoms with Crippen LogP contribution in [-0.4, -0.2) is 6.16 Å². The number of rotatable bonds is 2. The molecule has 2 aromatic rings. The Morgan fingerprint density at radius 1 is 1.05 bits per heavy atom. The van der Waals surface area contributed by atoms with Crippen molar-refractivity contribution >= 4 is 12.7 Å². The summed E-state index contributed by atoms with van der Waals surface area (Å²) in [5.74, 6) is 0. The van der Waals surface area contributed by atoms with Gasteiger partial charge in [-0.1, -0.05) is 73.2 Å². The van der Waals surface area contributed by atoms with E-state index in [-0.39, 0.29) is 11.5 Å².